The van der Waals surface area contributed by atoms with Crippen molar-refractivity contribution >= 4 is 16.3 Å². The maximum Gasteiger partial charge on any atom is 0.136 e. The summed E-state index contributed by atoms with van der Waals surface area (Å²) >= 11 is 0. The second-order valence-corrected chi connectivity index (χ2v) is 8.02. The fourth-order valence-electron chi connectivity index (χ4n) is 3.95. The van der Waals surface area contributed by atoms with Gasteiger partial charge in [0.15, 0.2) is 0 Å². The van der Waals surface area contributed by atoms with Gasteiger partial charge < -0.3 is 4.74 Å². The summed E-state index contributed by atoms with van der Waals surface area (Å²) in [6.07, 6.45) is 8.92. The van der Waals surface area contributed by atoms with E-state index in [0.29, 0.717) is 0 Å². The van der Waals surface area contributed by atoms with Crippen LogP contribution in [0.4, 0.5) is 0 Å². The van der Waals surface area contributed by atoms with E-state index in [0.717, 1.165) is 18.6 Å². The van der Waals surface area contributed by atoms with Gasteiger partial charge in [-0.05, 0) is 73.7 Å². The summed E-state index contributed by atoms with van der Waals surface area (Å²) in [4.78, 5) is 0. The number of allylic oxidation sites excluding steroid dienone is 3. The molecule has 3 aromatic rings. The summed E-state index contributed by atoms with van der Waals surface area (Å²) in [6.45, 7) is 6.51. The van der Waals surface area contributed by atoms with Crippen LogP contribution in [0, 0.1) is 0 Å². The molecule has 1 unspecified atom stereocenters. The van der Waals surface area contributed by atoms with Gasteiger partial charge in [0, 0.05) is 5.56 Å². The first-order chi connectivity index (χ1) is 14.1. The molecule has 29 heavy (non-hydrogen) atoms. The average Bonchev–Trinajstić information content (AvgIpc) is 2.73. The van der Waals surface area contributed by atoms with E-state index >= 15 is 0 Å². The molecule has 0 aliphatic carbocycles. The maximum absolute atomic E-state index is 6.42. The normalized spacial score (nSPS) is 16.0. The molecule has 0 aromatic heterocycles. The smallest absolute Gasteiger partial charge is 0.136 e. The van der Waals surface area contributed by atoms with Crippen LogP contribution in [0.2, 0.25) is 0 Å². The van der Waals surface area contributed by atoms with Crippen molar-refractivity contribution in [2.45, 2.75) is 39.7 Å². The van der Waals surface area contributed by atoms with Crippen LogP contribution in [0.25, 0.3) is 16.3 Å². The molecule has 3 aromatic carbocycles. The Hall–Kier alpha value is -3.06. The molecule has 0 bridgehead atoms. The van der Waals surface area contributed by atoms with E-state index in [9.17, 15) is 0 Å². The van der Waals surface area contributed by atoms with Crippen LogP contribution < -0.4 is 4.74 Å². The van der Waals surface area contributed by atoms with Gasteiger partial charge in [-0.25, -0.2) is 0 Å². The van der Waals surface area contributed by atoms with Gasteiger partial charge in [-0.15, -0.1) is 0 Å². The summed E-state index contributed by atoms with van der Waals surface area (Å²) in [6, 6.07) is 23.5. The van der Waals surface area contributed by atoms with Crippen LogP contribution in [-0.4, -0.2) is 6.10 Å². The van der Waals surface area contributed by atoms with E-state index < -0.39 is 0 Å². The first-order valence-corrected chi connectivity index (χ1v) is 10.4. The molecule has 0 radical (unpaired) electrons. The fourth-order valence-corrected chi connectivity index (χ4v) is 3.95. The molecule has 0 saturated heterocycles. The zero-order valence-corrected chi connectivity index (χ0v) is 17.5. The van der Waals surface area contributed by atoms with Gasteiger partial charge in [0.05, 0.1) is 0 Å². The molecule has 0 fully saturated rings. The molecule has 0 amide bonds. The molecule has 0 saturated carbocycles. The summed E-state index contributed by atoms with van der Waals surface area (Å²) in [5, 5.41) is 2.48. The van der Waals surface area contributed by atoms with Gasteiger partial charge >= 0.3 is 0 Å². The van der Waals surface area contributed by atoms with Crippen molar-refractivity contribution in [2.75, 3.05) is 0 Å². The van der Waals surface area contributed by atoms with Crippen LogP contribution in [-0.2, 0) is 0 Å². The molecule has 1 atom stereocenters. The summed E-state index contributed by atoms with van der Waals surface area (Å²) in [5.74, 6) is 0.961. The van der Waals surface area contributed by atoms with Crippen molar-refractivity contribution < 1.29 is 4.74 Å². The van der Waals surface area contributed by atoms with Crippen molar-refractivity contribution in [3.8, 4) is 5.75 Å². The first-order valence-electron chi connectivity index (χ1n) is 10.4. The summed E-state index contributed by atoms with van der Waals surface area (Å²) in [7, 11) is 0. The zero-order valence-electron chi connectivity index (χ0n) is 17.5. The standard InChI is InChI=1S/C28H28O/c1-20(2)10-9-11-21(3)18-24-19-26(22-12-5-4-6-13-22)28-25-15-8-7-14-23(25)16-17-27(28)29-24/h4-8,10,12-19,24H,9,11H2,1-3H3/b21-18+. The molecule has 0 spiro atoms. The van der Waals surface area contributed by atoms with Gasteiger partial charge in [-0.3, -0.25) is 0 Å². The third kappa shape index (κ3) is 4.35. The summed E-state index contributed by atoms with van der Waals surface area (Å²) < 4.78 is 6.42. The van der Waals surface area contributed by atoms with Gasteiger partial charge in [-0.2, -0.15) is 0 Å². The molecule has 1 nitrogen and oxygen atoms in total. The zero-order chi connectivity index (χ0) is 20.2. The Kier molecular flexibility index (Phi) is 5.67. The lowest BCUT2D eigenvalue weighted by atomic mass is 9.89. The van der Waals surface area contributed by atoms with E-state index in [1.807, 2.05) is 0 Å². The minimum Gasteiger partial charge on any atom is -0.482 e. The van der Waals surface area contributed by atoms with E-state index in [1.165, 1.54) is 38.6 Å². The van der Waals surface area contributed by atoms with Crippen LogP contribution in [0.1, 0.15) is 44.7 Å². The van der Waals surface area contributed by atoms with E-state index in [-0.39, 0.29) is 6.10 Å². The topological polar surface area (TPSA) is 9.23 Å². The van der Waals surface area contributed by atoms with Crippen molar-refractivity contribution in [2.24, 2.45) is 0 Å². The number of hydrogen-bond acceptors (Lipinski definition) is 1. The summed E-state index contributed by atoms with van der Waals surface area (Å²) in [5.41, 5.74) is 6.41. The maximum atomic E-state index is 6.42. The highest BCUT2D eigenvalue weighted by atomic mass is 16.5. The third-order valence-electron chi connectivity index (χ3n) is 5.38. The monoisotopic (exact) mass is 380 g/mol. The Morgan fingerprint density at radius 1 is 0.897 bits per heavy atom. The molecular formula is C28H28O. The minimum absolute atomic E-state index is 0.0504. The number of fused-ring (bicyclic) bond motifs is 3. The number of rotatable bonds is 5. The Morgan fingerprint density at radius 2 is 1.66 bits per heavy atom. The number of benzene rings is 3. The number of ether oxygens (including phenoxy) is 1. The van der Waals surface area contributed by atoms with Crippen molar-refractivity contribution in [1.82, 2.24) is 0 Å². The second kappa shape index (κ2) is 8.53. The SMILES string of the molecule is CC(C)=CCC/C(C)=C/C1C=C(c2ccccc2)c2c(ccc3ccccc23)O1. The first kappa shape index (κ1) is 19.3. The predicted molar refractivity (Wildman–Crippen MR) is 124 cm³/mol. The van der Waals surface area contributed by atoms with Crippen molar-refractivity contribution in [3.05, 3.63) is 107 Å². The molecule has 146 valence electrons. The largest absolute Gasteiger partial charge is 0.482 e. The van der Waals surface area contributed by atoms with E-state index in [1.54, 1.807) is 0 Å². The van der Waals surface area contributed by atoms with Gasteiger partial charge in [-0.1, -0.05) is 77.9 Å². The molecule has 1 aliphatic heterocycles. The van der Waals surface area contributed by atoms with Gasteiger partial charge in [0.1, 0.15) is 11.9 Å². The predicted octanol–water partition coefficient (Wildman–Crippen LogP) is 7.73. The van der Waals surface area contributed by atoms with Crippen molar-refractivity contribution in [3.63, 3.8) is 0 Å². The molecule has 0 N–H and O–H groups in total. The highest BCUT2D eigenvalue weighted by Gasteiger charge is 2.22. The van der Waals surface area contributed by atoms with Crippen LogP contribution in [0.15, 0.2) is 96.1 Å². The van der Waals surface area contributed by atoms with Gasteiger partial charge in [0.25, 0.3) is 0 Å². The third-order valence-corrected chi connectivity index (χ3v) is 5.38. The molecule has 1 heterocycles. The molecule has 4 rings (SSSR count). The van der Waals surface area contributed by atoms with Gasteiger partial charge in [0.2, 0.25) is 0 Å². The Balaban J connectivity index is 1.76. The van der Waals surface area contributed by atoms with Crippen LogP contribution in [0.5, 0.6) is 5.75 Å². The molecular weight excluding hydrogens is 352 g/mol. The highest BCUT2D eigenvalue weighted by molar-refractivity contribution is 6.01. The van der Waals surface area contributed by atoms with E-state index in [2.05, 4.69) is 106 Å². The lowest BCUT2D eigenvalue weighted by Crippen LogP contribution is -2.17. The molecule has 1 heteroatoms. The van der Waals surface area contributed by atoms with Crippen molar-refractivity contribution in [1.29, 1.82) is 0 Å². The molecule has 1 aliphatic rings. The lowest BCUT2D eigenvalue weighted by Gasteiger charge is -2.26. The van der Waals surface area contributed by atoms with Crippen LogP contribution >= 0.6 is 0 Å². The van der Waals surface area contributed by atoms with E-state index in [4.69, 9.17) is 4.74 Å². The highest BCUT2D eigenvalue weighted by Crippen LogP contribution is 2.41. The Labute approximate surface area is 174 Å². The Morgan fingerprint density at radius 3 is 2.45 bits per heavy atom. The Bertz CT molecular complexity index is 1100. The number of hydrogen-bond donors (Lipinski definition) is 0. The quantitative estimate of drug-likeness (QED) is 0.412. The lowest BCUT2D eigenvalue weighted by molar-refractivity contribution is 0.290. The minimum atomic E-state index is -0.0504. The van der Waals surface area contributed by atoms with Crippen LogP contribution in [0.3, 0.4) is 0 Å². The average molecular weight is 381 g/mol. The second-order valence-electron chi connectivity index (χ2n) is 8.02. The fraction of sp³-hybridized carbons (Fsp3) is 0.214.